The molecule has 3 rings (SSSR count). The molecule has 2 aromatic rings. The second-order valence-corrected chi connectivity index (χ2v) is 4.45. The molecule has 0 saturated carbocycles. The van der Waals surface area contributed by atoms with Crippen molar-refractivity contribution in [2.45, 2.75) is 0 Å². The average molecular weight is 286 g/mol. The van der Waals surface area contributed by atoms with Crippen LogP contribution < -0.4 is 9.64 Å². The van der Waals surface area contributed by atoms with Gasteiger partial charge in [-0.1, -0.05) is 5.16 Å². The Morgan fingerprint density at radius 2 is 1.90 bits per heavy atom. The van der Waals surface area contributed by atoms with Gasteiger partial charge in [0.1, 0.15) is 11.6 Å². The van der Waals surface area contributed by atoms with Gasteiger partial charge < -0.3 is 9.94 Å². The normalized spacial score (nSPS) is 15.4. The van der Waals surface area contributed by atoms with Crippen molar-refractivity contribution in [2.24, 2.45) is 5.16 Å². The molecule has 1 N–H and O–H groups in total. The Morgan fingerprint density at radius 3 is 2.52 bits per heavy atom. The molecule has 0 aliphatic carbocycles. The summed E-state index contributed by atoms with van der Waals surface area (Å²) in [5.74, 6) is -0.326. The van der Waals surface area contributed by atoms with E-state index in [0.29, 0.717) is 22.7 Å². The van der Waals surface area contributed by atoms with Crippen LogP contribution in [0.4, 0.5) is 15.8 Å². The van der Waals surface area contributed by atoms with Crippen LogP contribution in [-0.4, -0.2) is 23.9 Å². The highest BCUT2D eigenvalue weighted by atomic mass is 19.1. The maximum atomic E-state index is 13.0. The van der Waals surface area contributed by atoms with E-state index in [1.165, 1.54) is 36.3 Å². The number of oxime groups is 1. The van der Waals surface area contributed by atoms with Crippen LogP contribution >= 0.6 is 0 Å². The molecule has 0 fully saturated rings. The fourth-order valence-electron chi connectivity index (χ4n) is 2.30. The van der Waals surface area contributed by atoms with Gasteiger partial charge in [-0.2, -0.15) is 0 Å². The number of carbonyl (C=O) groups is 1. The Kier molecular flexibility index (Phi) is 3.06. The van der Waals surface area contributed by atoms with Crippen molar-refractivity contribution in [1.29, 1.82) is 0 Å². The summed E-state index contributed by atoms with van der Waals surface area (Å²) in [5, 5.41) is 12.2. The standard InChI is InChI=1S/C15H11FN2O3/c1-21-11-6-7-13-12(8-11)14(17-20)15(19)18(13)10-4-2-9(16)3-5-10/h2-8,20H,1H3/b17-14+. The molecule has 0 aromatic heterocycles. The molecular weight excluding hydrogens is 275 g/mol. The van der Waals surface area contributed by atoms with Crippen LogP contribution in [0.1, 0.15) is 5.56 Å². The van der Waals surface area contributed by atoms with Gasteiger partial charge in [-0.3, -0.25) is 9.69 Å². The summed E-state index contributed by atoms with van der Waals surface area (Å²) in [6, 6.07) is 10.5. The fourth-order valence-corrected chi connectivity index (χ4v) is 2.30. The Balaban J connectivity index is 2.16. The number of carbonyl (C=O) groups excluding carboxylic acids is 1. The Labute approximate surface area is 119 Å². The Hall–Kier alpha value is -2.89. The van der Waals surface area contributed by atoms with E-state index in [-0.39, 0.29) is 5.71 Å². The lowest BCUT2D eigenvalue weighted by Gasteiger charge is -2.16. The number of ether oxygens (including phenoxy) is 1. The van der Waals surface area contributed by atoms with Crippen molar-refractivity contribution in [1.82, 2.24) is 0 Å². The van der Waals surface area contributed by atoms with Crippen LogP contribution in [-0.2, 0) is 4.79 Å². The molecular formula is C15H11FN2O3. The van der Waals surface area contributed by atoms with E-state index in [4.69, 9.17) is 9.94 Å². The molecule has 0 spiro atoms. The summed E-state index contributed by atoms with van der Waals surface area (Å²) in [6.07, 6.45) is 0. The minimum absolute atomic E-state index is 0.0757. The number of benzene rings is 2. The van der Waals surface area contributed by atoms with E-state index < -0.39 is 11.7 Å². The lowest BCUT2D eigenvalue weighted by molar-refractivity contribution is -0.111. The number of fused-ring (bicyclic) bond motifs is 1. The van der Waals surface area contributed by atoms with E-state index in [1.807, 2.05) is 0 Å². The van der Waals surface area contributed by atoms with E-state index in [2.05, 4.69) is 5.16 Å². The van der Waals surface area contributed by atoms with Crippen molar-refractivity contribution in [3.63, 3.8) is 0 Å². The van der Waals surface area contributed by atoms with Gasteiger partial charge >= 0.3 is 0 Å². The van der Waals surface area contributed by atoms with Gasteiger partial charge in [0.2, 0.25) is 0 Å². The van der Waals surface area contributed by atoms with Crippen molar-refractivity contribution < 1.29 is 19.1 Å². The minimum atomic E-state index is -0.479. The number of hydrogen-bond donors (Lipinski definition) is 1. The molecule has 0 bridgehead atoms. The SMILES string of the molecule is COc1ccc2c(c1)/C(=N\O)C(=O)N2c1ccc(F)cc1. The number of methoxy groups -OCH3 is 1. The van der Waals surface area contributed by atoms with E-state index >= 15 is 0 Å². The second-order valence-electron chi connectivity index (χ2n) is 4.45. The molecule has 1 amide bonds. The smallest absolute Gasteiger partial charge is 0.285 e. The highest BCUT2D eigenvalue weighted by Gasteiger charge is 2.36. The van der Waals surface area contributed by atoms with Crippen molar-refractivity contribution >= 4 is 23.0 Å². The topological polar surface area (TPSA) is 62.1 Å². The molecule has 1 aliphatic heterocycles. The van der Waals surface area contributed by atoms with Gasteiger partial charge in [-0.25, -0.2) is 4.39 Å². The molecule has 21 heavy (non-hydrogen) atoms. The number of hydrogen-bond acceptors (Lipinski definition) is 4. The predicted octanol–water partition coefficient (Wildman–Crippen LogP) is 2.69. The molecule has 0 atom stereocenters. The summed E-state index contributed by atoms with van der Waals surface area (Å²) in [7, 11) is 1.51. The van der Waals surface area contributed by atoms with E-state index in [0.717, 1.165) is 0 Å². The monoisotopic (exact) mass is 286 g/mol. The van der Waals surface area contributed by atoms with Crippen LogP contribution in [0.5, 0.6) is 5.75 Å². The number of anilines is 2. The first-order valence-electron chi connectivity index (χ1n) is 6.16. The van der Waals surface area contributed by atoms with Crippen LogP contribution in [0.15, 0.2) is 47.6 Å². The Morgan fingerprint density at radius 1 is 1.19 bits per heavy atom. The van der Waals surface area contributed by atoms with Crippen molar-refractivity contribution in [2.75, 3.05) is 12.0 Å². The van der Waals surface area contributed by atoms with Gasteiger partial charge in [0.05, 0.1) is 12.8 Å². The van der Waals surface area contributed by atoms with Gasteiger partial charge in [0, 0.05) is 11.3 Å². The van der Waals surface area contributed by atoms with Crippen molar-refractivity contribution in [3.05, 3.63) is 53.8 Å². The highest BCUT2D eigenvalue weighted by molar-refractivity contribution is 6.55. The quantitative estimate of drug-likeness (QED) is 0.682. The third-order valence-corrected chi connectivity index (χ3v) is 3.29. The van der Waals surface area contributed by atoms with Gasteiger partial charge in [-0.15, -0.1) is 0 Å². The van der Waals surface area contributed by atoms with Crippen LogP contribution in [0.2, 0.25) is 0 Å². The number of halogens is 1. The summed E-state index contributed by atoms with van der Waals surface area (Å²) in [5.41, 5.74) is 1.44. The first kappa shape index (κ1) is 13.1. The summed E-state index contributed by atoms with van der Waals surface area (Å²) < 4.78 is 18.1. The molecule has 6 heteroatoms. The van der Waals surface area contributed by atoms with Crippen LogP contribution in [0.3, 0.4) is 0 Å². The summed E-state index contributed by atoms with van der Waals surface area (Å²) in [6.45, 7) is 0. The number of rotatable bonds is 2. The molecule has 106 valence electrons. The van der Waals surface area contributed by atoms with Gasteiger partial charge in [-0.05, 0) is 42.5 Å². The first-order chi connectivity index (χ1) is 10.2. The molecule has 0 radical (unpaired) electrons. The number of nitrogens with zero attached hydrogens (tertiary/aromatic N) is 2. The third-order valence-electron chi connectivity index (χ3n) is 3.29. The molecule has 0 saturated heterocycles. The van der Waals surface area contributed by atoms with Gasteiger partial charge in [0.25, 0.3) is 5.91 Å². The molecule has 0 unspecified atom stereocenters. The van der Waals surface area contributed by atoms with E-state index in [1.54, 1.807) is 18.2 Å². The second kappa shape index (κ2) is 4.90. The summed E-state index contributed by atoms with van der Waals surface area (Å²) in [4.78, 5) is 13.7. The molecule has 2 aromatic carbocycles. The molecule has 1 aliphatic rings. The minimum Gasteiger partial charge on any atom is -0.497 e. The third kappa shape index (κ3) is 2.01. The maximum Gasteiger partial charge on any atom is 0.285 e. The lowest BCUT2D eigenvalue weighted by atomic mass is 10.1. The highest BCUT2D eigenvalue weighted by Crippen LogP contribution is 2.37. The first-order valence-corrected chi connectivity index (χ1v) is 6.16. The predicted molar refractivity (Wildman–Crippen MR) is 74.9 cm³/mol. The van der Waals surface area contributed by atoms with Crippen molar-refractivity contribution in [3.8, 4) is 5.75 Å². The average Bonchev–Trinajstić information content (AvgIpc) is 2.78. The van der Waals surface area contributed by atoms with Gasteiger partial charge in [0.15, 0.2) is 5.71 Å². The fraction of sp³-hybridized carbons (Fsp3) is 0.0667. The largest absolute Gasteiger partial charge is 0.497 e. The van der Waals surface area contributed by atoms with Crippen LogP contribution in [0, 0.1) is 5.82 Å². The number of amides is 1. The lowest BCUT2D eigenvalue weighted by Crippen LogP contribution is -2.25. The maximum absolute atomic E-state index is 13.0. The zero-order chi connectivity index (χ0) is 15.0. The van der Waals surface area contributed by atoms with Crippen LogP contribution in [0.25, 0.3) is 0 Å². The molecule has 5 nitrogen and oxygen atoms in total. The summed E-state index contributed by atoms with van der Waals surface area (Å²) >= 11 is 0. The zero-order valence-electron chi connectivity index (χ0n) is 11.1. The zero-order valence-corrected chi connectivity index (χ0v) is 11.1. The molecule has 1 heterocycles. The Bertz CT molecular complexity index is 741. The van der Waals surface area contributed by atoms with E-state index in [9.17, 15) is 9.18 Å².